The van der Waals surface area contributed by atoms with Crippen LogP contribution in [0.3, 0.4) is 0 Å². The van der Waals surface area contributed by atoms with E-state index in [4.69, 9.17) is 0 Å². The van der Waals surface area contributed by atoms with Crippen LogP contribution in [0.15, 0.2) is 23.1 Å². The molecule has 0 atom stereocenters. The summed E-state index contributed by atoms with van der Waals surface area (Å²) in [6.07, 6.45) is 1.87. The topological polar surface area (TPSA) is 79.4 Å². The Bertz CT molecular complexity index is 837. The molecule has 1 heterocycles. The van der Waals surface area contributed by atoms with E-state index in [0.717, 1.165) is 17.5 Å². The van der Waals surface area contributed by atoms with E-state index in [9.17, 15) is 13.2 Å². The molecule has 1 aromatic carbocycles. The number of benzene rings is 1. The van der Waals surface area contributed by atoms with Gasteiger partial charge in [0.1, 0.15) is 0 Å². The van der Waals surface area contributed by atoms with Crippen molar-refractivity contribution in [2.75, 3.05) is 18.4 Å². The molecule has 0 saturated heterocycles. The van der Waals surface area contributed by atoms with Crippen LogP contribution in [0, 0.1) is 5.92 Å². The van der Waals surface area contributed by atoms with Crippen molar-refractivity contribution in [1.29, 1.82) is 0 Å². The summed E-state index contributed by atoms with van der Waals surface area (Å²) in [5, 5.41) is 3.33. The molecule has 0 radical (unpaired) electrons. The van der Waals surface area contributed by atoms with E-state index in [-0.39, 0.29) is 16.7 Å². The summed E-state index contributed by atoms with van der Waals surface area (Å²) in [6, 6.07) is 4.89. The first-order chi connectivity index (χ1) is 11.0. The van der Waals surface area contributed by atoms with Gasteiger partial charge in [-0.1, -0.05) is 25.2 Å². The highest BCUT2D eigenvalue weighted by molar-refractivity contribution is 7.89. The highest BCUT2D eigenvalue weighted by Crippen LogP contribution is 2.33. The summed E-state index contributed by atoms with van der Waals surface area (Å²) in [7, 11) is -3.49. The van der Waals surface area contributed by atoms with Gasteiger partial charge < -0.3 is 5.32 Å². The van der Waals surface area contributed by atoms with Crippen molar-refractivity contribution in [2.45, 2.75) is 31.6 Å². The van der Waals surface area contributed by atoms with E-state index in [0.29, 0.717) is 23.7 Å². The second-order valence-corrected chi connectivity index (χ2v) is 8.47. The molecular formula is C15H19N3O3S2. The summed E-state index contributed by atoms with van der Waals surface area (Å²) in [6.45, 7) is 4.50. The van der Waals surface area contributed by atoms with Gasteiger partial charge in [-0.15, -0.1) is 0 Å². The number of aromatic nitrogens is 1. The first-order valence-corrected chi connectivity index (χ1v) is 9.93. The van der Waals surface area contributed by atoms with Crippen LogP contribution in [0.5, 0.6) is 0 Å². The molecule has 1 amide bonds. The van der Waals surface area contributed by atoms with E-state index < -0.39 is 10.0 Å². The molecule has 1 aliphatic carbocycles. The van der Waals surface area contributed by atoms with Gasteiger partial charge in [0, 0.05) is 19.0 Å². The molecule has 0 bridgehead atoms. The number of thiazole rings is 1. The fourth-order valence-electron chi connectivity index (χ4n) is 2.38. The lowest BCUT2D eigenvalue weighted by molar-refractivity contribution is -0.117. The Hall–Kier alpha value is -1.51. The molecule has 1 fully saturated rings. The van der Waals surface area contributed by atoms with Gasteiger partial charge in [-0.2, -0.15) is 4.31 Å². The molecule has 0 aliphatic heterocycles. The van der Waals surface area contributed by atoms with E-state index in [2.05, 4.69) is 10.3 Å². The average Bonchev–Trinajstić information content (AvgIpc) is 3.28. The second kappa shape index (κ2) is 6.18. The highest BCUT2D eigenvalue weighted by atomic mass is 32.2. The number of nitrogens with one attached hydrogen (secondary N) is 1. The quantitative estimate of drug-likeness (QED) is 0.866. The molecule has 1 N–H and O–H groups in total. The molecule has 1 aliphatic rings. The van der Waals surface area contributed by atoms with Gasteiger partial charge >= 0.3 is 0 Å². The summed E-state index contributed by atoms with van der Waals surface area (Å²) in [5.74, 6) is 0.112. The minimum Gasteiger partial charge on any atom is -0.302 e. The van der Waals surface area contributed by atoms with Crippen LogP contribution in [0.1, 0.15) is 26.7 Å². The summed E-state index contributed by atoms with van der Waals surface area (Å²) in [4.78, 5) is 16.4. The molecule has 124 valence electrons. The van der Waals surface area contributed by atoms with Gasteiger partial charge in [-0.25, -0.2) is 13.4 Å². The second-order valence-electron chi connectivity index (χ2n) is 5.50. The Labute approximate surface area is 139 Å². The van der Waals surface area contributed by atoms with Crippen molar-refractivity contribution < 1.29 is 13.2 Å². The number of hydrogen-bond acceptors (Lipinski definition) is 5. The number of fused-ring (bicyclic) bond motifs is 1. The number of carbonyl (C=O) groups is 1. The molecule has 1 saturated carbocycles. The summed E-state index contributed by atoms with van der Waals surface area (Å²) >= 11 is 1.30. The van der Waals surface area contributed by atoms with Gasteiger partial charge in [-0.3, -0.25) is 4.79 Å². The Morgan fingerprint density at radius 2 is 2.04 bits per heavy atom. The zero-order valence-corrected chi connectivity index (χ0v) is 14.7. The van der Waals surface area contributed by atoms with Crippen molar-refractivity contribution in [2.24, 2.45) is 5.92 Å². The third-order valence-electron chi connectivity index (χ3n) is 3.88. The Morgan fingerprint density at radius 1 is 1.35 bits per heavy atom. The first kappa shape index (κ1) is 16.4. The van der Waals surface area contributed by atoms with Gasteiger partial charge in [-0.05, 0) is 31.0 Å². The van der Waals surface area contributed by atoms with Crippen LogP contribution >= 0.6 is 11.3 Å². The number of rotatable bonds is 6. The molecule has 6 nitrogen and oxygen atoms in total. The number of hydrogen-bond donors (Lipinski definition) is 1. The third-order valence-corrected chi connectivity index (χ3v) is 6.86. The SMILES string of the molecule is CCN(CC)S(=O)(=O)c1ccc2nc(NC(=O)C3CC3)sc2c1. The van der Waals surface area contributed by atoms with Gasteiger partial charge in [0.2, 0.25) is 15.9 Å². The summed E-state index contributed by atoms with van der Waals surface area (Å²) in [5.41, 5.74) is 0.694. The zero-order valence-electron chi connectivity index (χ0n) is 13.1. The van der Waals surface area contributed by atoms with Crippen molar-refractivity contribution >= 4 is 42.6 Å². The van der Waals surface area contributed by atoms with Crippen LogP contribution in [-0.4, -0.2) is 36.7 Å². The Balaban J connectivity index is 1.91. The fraction of sp³-hybridized carbons (Fsp3) is 0.467. The molecule has 0 spiro atoms. The number of sulfonamides is 1. The van der Waals surface area contributed by atoms with Gasteiger partial charge in [0.25, 0.3) is 0 Å². The molecule has 8 heteroatoms. The van der Waals surface area contributed by atoms with Crippen molar-refractivity contribution in [3.05, 3.63) is 18.2 Å². The predicted molar refractivity (Wildman–Crippen MR) is 91.1 cm³/mol. The normalized spacial score (nSPS) is 15.3. The predicted octanol–water partition coefficient (Wildman–Crippen LogP) is 2.68. The Morgan fingerprint density at radius 3 is 2.65 bits per heavy atom. The average molecular weight is 353 g/mol. The minimum atomic E-state index is -3.49. The third kappa shape index (κ3) is 3.24. The molecule has 1 aromatic heterocycles. The number of carbonyl (C=O) groups excluding carboxylic acids is 1. The standard InChI is InChI=1S/C15H19N3O3S2/c1-3-18(4-2)23(20,21)11-7-8-12-13(9-11)22-15(16-12)17-14(19)10-5-6-10/h7-10H,3-6H2,1-2H3,(H,16,17,19). The zero-order chi connectivity index (χ0) is 16.6. The Kier molecular flexibility index (Phi) is 4.39. The number of anilines is 1. The van der Waals surface area contributed by atoms with Crippen LogP contribution in [-0.2, 0) is 14.8 Å². The lowest BCUT2D eigenvalue weighted by Gasteiger charge is -2.18. The fourth-order valence-corrected chi connectivity index (χ4v) is 4.85. The maximum absolute atomic E-state index is 12.6. The molecule has 23 heavy (non-hydrogen) atoms. The van der Waals surface area contributed by atoms with E-state index >= 15 is 0 Å². The molecule has 2 aromatic rings. The molecule has 0 unspecified atom stereocenters. The van der Waals surface area contributed by atoms with E-state index in [1.165, 1.54) is 15.6 Å². The first-order valence-electron chi connectivity index (χ1n) is 7.67. The lowest BCUT2D eigenvalue weighted by Crippen LogP contribution is -2.30. The van der Waals surface area contributed by atoms with Crippen molar-refractivity contribution in [3.63, 3.8) is 0 Å². The van der Waals surface area contributed by atoms with Crippen LogP contribution < -0.4 is 5.32 Å². The maximum atomic E-state index is 12.6. The van der Waals surface area contributed by atoms with Crippen LogP contribution in [0.2, 0.25) is 0 Å². The number of nitrogens with zero attached hydrogens (tertiary/aromatic N) is 2. The number of amides is 1. The van der Waals surface area contributed by atoms with Crippen molar-refractivity contribution in [3.8, 4) is 0 Å². The maximum Gasteiger partial charge on any atom is 0.243 e. The van der Waals surface area contributed by atoms with Crippen molar-refractivity contribution in [1.82, 2.24) is 9.29 Å². The minimum absolute atomic E-state index is 0.0000391. The monoisotopic (exact) mass is 353 g/mol. The van der Waals surface area contributed by atoms with Gasteiger partial charge in [0.15, 0.2) is 5.13 Å². The lowest BCUT2D eigenvalue weighted by atomic mass is 10.3. The van der Waals surface area contributed by atoms with Crippen LogP contribution in [0.25, 0.3) is 10.2 Å². The smallest absolute Gasteiger partial charge is 0.243 e. The molecule has 3 rings (SSSR count). The molecular weight excluding hydrogens is 334 g/mol. The van der Waals surface area contributed by atoms with Crippen LogP contribution in [0.4, 0.5) is 5.13 Å². The van der Waals surface area contributed by atoms with E-state index in [1.54, 1.807) is 18.2 Å². The van der Waals surface area contributed by atoms with Gasteiger partial charge in [0.05, 0.1) is 15.1 Å². The van der Waals surface area contributed by atoms with E-state index in [1.807, 2.05) is 13.8 Å². The summed E-state index contributed by atoms with van der Waals surface area (Å²) < 4.78 is 27.3. The highest BCUT2D eigenvalue weighted by Gasteiger charge is 2.30. The largest absolute Gasteiger partial charge is 0.302 e.